The average molecular weight is 509 g/mol. The van der Waals surface area contributed by atoms with Crippen LogP contribution in [0.1, 0.15) is 26.3 Å². The molecule has 5 nitrogen and oxygen atoms in total. The Bertz CT molecular complexity index is 1270. The van der Waals surface area contributed by atoms with Crippen molar-refractivity contribution in [2.45, 2.75) is 26.2 Å². The standard InChI is InChI=1S/C30H34F2N2O3/c1-8-28(30(3,4)21-12-17-25(35-5)27(18-21)37-7)34(23-15-13-22(31)14-16-23)20(2)19-33-29-24(32)10-9-11-26(29)36-6/h8-18,33H,2,19H2,1,3-7H3/b28-8-. The Morgan fingerprint density at radius 3 is 2.16 bits per heavy atom. The fraction of sp³-hybridized carbons (Fsp3) is 0.267. The second kappa shape index (κ2) is 11.8. The molecule has 0 radical (unpaired) electrons. The number of rotatable bonds is 11. The Kier molecular flexibility index (Phi) is 8.81. The van der Waals surface area contributed by atoms with E-state index in [9.17, 15) is 8.78 Å². The van der Waals surface area contributed by atoms with Gasteiger partial charge in [-0.1, -0.05) is 38.6 Å². The van der Waals surface area contributed by atoms with E-state index in [1.165, 1.54) is 25.3 Å². The monoisotopic (exact) mass is 508 g/mol. The van der Waals surface area contributed by atoms with Crippen LogP contribution < -0.4 is 24.4 Å². The Labute approximate surface area is 218 Å². The Morgan fingerprint density at radius 2 is 1.57 bits per heavy atom. The Balaban J connectivity index is 2.04. The summed E-state index contributed by atoms with van der Waals surface area (Å²) in [5, 5.41) is 3.12. The number of anilines is 2. The minimum absolute atomic E-state index is 0.202. The molecule has 3 rings (SSSR count). The molecule has 37 heavy (non-hydrogen) atoms. The zero-order valence-corrected chi connectivity index (χ0v) is 22.2. The van der Waals surface area contributed by atoms with Crippen molar-refractivity contribution in [3.05, 3.63) is 102 Å². The van der Waals surface area contributed by atoms with Crippen molar-refractivity contribution in [3.8, 4) is 17.2 Å². The molecule has 0 spiro atoms. The normalized spacial score (nSPS) is 11.6. The van der Waals surface area contributed by atoms with Crippen molar-refractivity contribution >= 4 is 11.4 Å². The van der Waals surface area contributed by atoms with E-state index in [2.05, 4.69) is 25.7 Å². The third kappa shape index (κ3) is 5.88. The van der Waals surface area contributed by atoms with Crippen molar-refractivity contribution in [1.29, 1.82) is 0 Å². The van der Waals surface area contributed by atoms with Crippen molar-refractivity contribution in [2.24, 2.45) is 0 Å². The number of benzene rings is 3. The van der Waals surface area contributed by atoms with Gasteiger partial charge in [0.25, 0.3) is 0 Å². The van der Waals surface area contributed by atoms with Crippen molar-refractivity contribution < 1.29 is 23.0 Å². The molecule has 0 atom stereocenters. The number of para-hydroxylation sites is 1. The molecule has 0 fully saturated rings. The molecule has 0 saturated carbocycles. The average Bonchev–Trinajstić information content (AvgIpc) is 2.90. The number of hydrogen-bond donors (Lipinski definition) is 1. The number of allylic oxidation sites excluding steroid dienone is 2. The Hall–Kier alpha value is -4.00. The third-order valence-corrected chi connectivity index (χ3v) is 6.33. The van der Waals surface area contributed by atoms with Gasteiger partial charge in [-0.15, -0.1) is 0 Å². The quantitative estimate of drug-likeness (QED) is 0.294. The van der Waals surface area contributed by atoms with Gasteiger partial charge in [0.1, 0.15) is 23.1 Å². The van der Waals surface area contributed by atoms with E-state index in [0.29, 0.717) is 22.9 Å². The lowest BCUT2D eigenvalue weighted by Crippen LogP contribution is -2.36. The fourth-order valence-electron chi connectivity index (χ4n) is 4.34. The van der Waals surface area contributed by atoms with E-state index < -0.39 is 11.2 Å². The highest BCUT2D eigenvalue weighted by molar-refractivity contribution is 5.64. The van der Waals surface area contributed by atoms with E-state index in [-0.39, 0.29) is 18.0 Å². The summed E-state index contributed by atoms with van der Waals surface area (Å²) in [6, 6.07) is 16.6. The molecule has 196 valence electrons. The Morgan fingerprint density at radius 1 is 0.919 bits per heavy atom. The van der Waals surface area contributed by atoms with Crippen LogP contribution in [0.4, 0.5) is 20.2 Å². The van der Waals surface area contributed by atoms with Crippen LogP contribution in [0.15, 0.2) is 84.7 Å². The molecule has 0 aliphatic carbocycles. The van der Waals surface area contributed by atoms with Crippen LogP contribution in [0.2, 0.25) is 0 Å². The molecular weight excluding hydrogens is 474 g/mol. The summed E-state index contributed by atoms with van der Waals surface area (Å²) in [5.74, 6) is 0.857. The van der Waals surface area contributed by atoms with Crippen molar-refractivity contribution in [1.82, 2.24) is 0 Å². The van der Waals surface area contributed by atoms with Gasteiger partial charge in [-0.3, -0.25) is 0 Å². The molecule has 0 bridgehead atoms. The zero-order chi connectivity index (χ0) is 27.2. The molecule has 3 aromatic carbocycles. The minimum atomic E-state index is -0.540. The van der Waals surface area contributed by atoms with E-state index in [1.54, 1.807) is 38.5 Å². The van der Waals surface area contributed by atoms with Crippen LogP contribution in [-0.2, 0) is 5.41 Å². The second-order valence-electron chi connectivity index (χ2n) is 8.92. The maximum atomic E-state index is 14.6. The fourth-order valence-corrected chi connectivity index (χ4v) is 4.34. The number of halogens is 2. The molecule has 7 heteroatoms. The number of methoxy groups -OCH3 is 3. The summed E-state index contributed by atoms with van der Waals surface area (Å²) in [6.07, 6.45) is 1.99. The highest BCUT2D eigenvalue weighted by Gasteiger charge is 2.32. The van der Waals surface area contributed by atoms with Crippen LogP contribution >= 0.6 is 0 Å². The maximum absolute atomic E-state index is 14.6. The summed E-state index contributed by atoms with van der Waals surface area (Å²) in [7, 11) is 4.68. The number of ether oxygens (including phenoxy) is 3. The smallest absolute Gasteiger partial charge is 0.161 e. The molecule has 0 amide bonds. The van der Waals surface area contributed by atoms with Gasteiger partial charge in [-0.05, 0) is 61.0 Å². The molecular formula is C30H34F2N2O3. The largest absolute Gasteiger partial charge is 0.494 e. The predicted molar refractivity (Wildman–Crippen MR) is 146 cm³/mol. The molecule has 3 aromatic rings. The van der Waals surface area contributed by atoms with Crippen molar-refractivity contribution in [3.63, 3.8) is 0 Å². The number of nitrogens with one attached hydrogen (secondary N) is 1. The molecule has 1 N–H and O–H groups in total. The summed E-state index contributed by atoms with van der Waals surface area (Å²) in [4.78, 5) is 1.95. The van der Waals surface area contributed by atoms with Crippen molar-refractivity contribution in [2.75, 3.05) is 38.1 Å². The van der Waals surface area contributed by atoms with Crippen LogP contribution in [0.25, 0.3) is 0 Å². The molecule has 0 aliphatic rings. The van der Waals surface area contributed by atoms with Gasteiger partial charge < -0.3 is 24.4 Å². The van der Waals surface area contributed by atoms with E-state index in [4.69, 9.17) is 14.2 Å². The lowest BCUT2D eigenvalue weighted by molar-refractivity contribution is 0.353. The van der Waals surface area contributed by atoms with Gasteiger partial charge in [0.2, 0.25) is 0 Å². The highest BCUT2D eigenvalue weighted by Crippen LogP contribution is 2.41. The first kappa shape index (κ1) is 27.6. The highest BCUT2D eigenvalue weighted by atomic mass is 19.1. The minimum Gasteiger partial charge on any atom is -0.494 e. The SMILES string of the molecule is C=C(CNc1c(F)cccc1OC)N(/C(=C\C)C(C)(C)c1ccc(OC)c(OC)c1)c1ccc(F)cc1. The molecule has 0 saturated heterocycles. The molecule has 0 aliphatic heterocycles. The zero-order valence-electron chi connectivity index (χ0n) is 22.2. The topological polar surface area (TPSA) is 43.0 Å². The predicted octanol–water partition coefficient (Wildman–Crippen LogP) is 7.30. The third-order valence-electron chi connectivity index (χ3n) is 6.33. The first-order valence-corrected chi connectivity index (χ1v) is 11.9. The van der Waals surface area contributed by atoms with Crippen LogP contribution in [-0.4, -0.2) is 27.9 Å². The van der Waals surface area contributed by atoms with Gasteiger partial charge in [0.05, 0.1) is 27.9 Å². The first-order valence-electron chi connectivity index (χ1n) is 11.9. The van der Waals surface area contributed by atoms with Gasteiger partial charge in [0, 0.05) is 22.5 Å². The molecule has 0 unspecified atom stereocenters. The van der Waals surface area contributed by atoms with Gasteiger partial charge in [-0.2, -0.15) is 0 Å². The molecule has 0 aromatic heterocycles. The number of hydrogen-bond acceptors (Lipinski definition) is 5. The van der Waals surface area contributed by atoms with Crippen LogP contribution in [0.3, 0.4) is 0 Å². The lowest BCUT2D eigenvalue weighted by atomic mass is 9.80. The van der Waals surface area contributed by atoms with E-state index in [1.807, 2.05) is 36.1 Å². The lowest BCUT2D eigenvalue weighted by Gasteiger charge is -2.39. The molecule has 0 heterocycles. The van der Waals surface area contributed by atoms with Gasteiger partial charge >= 0.3 is 0 Å². The van der Waals surface area contributed by atoms with Gasteiger partial charge in [0.15, 0.2) is 11.5 Å². The van der Waals surface area contributed by atoms with Crippen LogP contribution in [0, 0.1) is 11.6 Å². The first-order chi connectivity index (χ1) is 17.7. The summed E-state index contributed by atoms with van der Waals surface area (Å²) in [6.45, 7) is 10.6. The van der Waals surface area contributed by atoms with E-state index >= 15 is 0 Å². The number of nitrogens with zero attached hydrogens (tertiary/aromatic N) is 1. The van der Waals surface area contributed by atoms with Crippen LogP contribution in [0.5, 0.6) is 17.2 Å². The summed E-state index contributed by atoms with van der Waals surface area (Å²) >= 11 is 0. The van der Waals surface area contributed by atoms with Gasteiger partial charge in [-0.25, -0.2) is 8.78 Å². The summed E-state index contributed by atoms with van der Waals surface area (Å²) in [5.41, 5.74) is 2.90. The summed E-state index contributed by atoms with van der Waals surface area (Å²) < 4.78 is 44.7. The van der Waals surface area contributed by atoms with E-state index in [0.717, 1.165) is 16.9 Å². The second-order valence-corrected chi connectivity index (χ2v) is 8.92. The maximum Gasteiger partial charge on any atom is 0.161 e.